The lowest BCUT2D eigenvalue weighted by Crippen LogP contribution is -2.51. The summed E-state index contributed by atoms with van der Waals surface area (Å²) >= 11 is 0. The Morgan fingerprint density at radius 3 is 2.75 bits per heavy atom. The lowest BCUT2D eigenvalue weighted by Gasteiger charge is -2.39. The molecule has 2 saturated heterocycles. The Morgan fingerprint density at radius 1 is 1.21 bits per heavy atom. The predicted molar refractivity (Wildman–Crippen MR) is 105 cm³/mol. The van der Waals surface area contributed by atoms with E-state index in [1.165, 1.54) is 16.7 Å². The fourth-order valence-electron chi connectivity index (χ4n) is 3.83. The first-order chi connectivity index (χ1) is 13.5. The van der Waals surface area contributed by atoms with Crippen molar-refractivity contribution in [3.05, 3.63) is 46.8 Å². The number of aryl methyl sites for hydroxylation is 3. The first kappa shape index (κ1) is 18.7. The smallest absolute Gasteiger partial charge is 0.223 e. The van der Waals surface area contributed by atoms with E-state index in [1.807, 2.05) is 20.7 Å². The number of nitrogens with zero attached hydrogens (tertiary/aromatic N) is 5. The van der Waals surface area contributed by atoms with Crippen molar-refractivity contribution in [3.8, 4) is 0 Å². The van der Waals surface area contributed by atoms with Crippen molar-refractivity contribution in [3.63, 3.8) is 0 Å². The summed E-state index contributed by atoms with van der Waals surface area (Å²) in [6.07, 6.45) is 4.78. The van der Waals surface area contributed by atoms with Crippen LogP contribution in [-0.2, 0) is 22.6 Å². The Balaban J connectivity index is 1.24. The number of rotatable bonds is 6. The molecule has 0 radical (unpaired) electrons. The van der Waals surface area contributed by atoms with E-state index in [0.29, 0.717) is 32.5 Å². The minimum Gasteiger partial charge on any atom is -0.338 e. The molecule has 2 aliphatic rings. The lowest BCUT2D eigenvalue weighted by molar-refractivity contribution is -0.137. The van der Waals surface area contributed by atoms with E-state index < -0.39 is 0 Å². The van der Waals surface area contributed by atoms with Gasteiger partial charge in [0.2, 0.25) is 11.8 Å². The fourth-order valence-corrected chi connectivity index (χ4v) is 3.83. The largest absolute Gasteiger partial charge is 0.338 e. The van der Waals surface area contributed by atoms with Crippen LogP contribution in [0.15, 0.2) is 24.4 Å². The molecule has 7 heteroatoms. The molecular weight excluding hydrogens is 354 g/mol. The molecule has 0 unspecified atom stereocenters. The third-order valence-electron chi connectivity index (χ3n) is 5.87. The van der Waals surface area contributed by atoms with Gasteiger partial charge in [-0.1, -0.05) is 23.4 Å². The molecular formula is C21H27N5O2. The van der Waals surface area contributed by atoms with Gasteiger partial charge in [0.25, 0.3) is 0 Å². The van der Waals surface area contributed by atoms with E-state index in [1.54, 1.807) is 0 Å². The summed E-state index contributed by atoms with van der Waals surface area (Å²) in [4.78, 5) is 27.9. The van der Waals surface area contributed by atoms with Crippen LogP contribution in [0.4, 0.5) is 0 Å². The van der Waals surface area contributed by atoms with Gasteiger partial charge in [-0.2, -0.15) is 0 Å². The van der Waals surface area contributed by atoms with Gasteiger partial charge in [-0.3, -0.25) is 9.59 Å². The molecule has 28 heavy (non-hydrogen) atoms. The van der Waals surface area contributed by atoms with Crippen LogP contribution in [0.5, 0.6) is 0 Å². The third-order valence-corrected chi connectivity index (χ3v) is 5.87. The number of likely N-dealkylation sites (tertiary alicyclic amines) is 2. The van der Waals surface area contributed by atoms with Crippen molar-refractivity contribution in [2.75, 3.05) is 19.6 Å². The van der Waals surface area contributed by atoms with Crippen molar-refractivity contribution < 1.29 is 9.59 Å². The van der Waals surface area contributed by atoms with Crippen LogP contribution in [0.3, 0.4) is 0 Å². The van der Waals surface area contributed by atoms with Crippen LogP contribution < -0.4 is 0 Å². The normalized spacial score (nSPS) is 17.3. The number of carbonyl (C=O) groups excluding carboxylic acids is 2. The fraction of sp³-hybridized carbons (Fsp3) is 0.524. The highest BCUT2D eigenvalue weighted by Gasteiger charge is 2.32. The third kappa shape index (κ3) is 3.93. The average molecular weight is 381 g/mol. The first-order valence-corrected chi connectivity index (χ1v) is 10.0. The molecule has 2 aliphatic heterocycles. The van der Waals surface area contributed by atoms with E-state index in [2.05, 4.69) is 42.4 Å². The van der Waals surface area contributed by atoms with Crippen LogP contribution in [-0.4, -0.2) is 56.2 Å². The maximum absolute atomic E-state index is 12.4. The number of carbonyl (C=O) groups is 2. The molecule has 148 valence electrons. The molecule has 2 aromatic rings. The minimum absolute atomic E-state index is 0.182. The van der Waals surface area contributed by atoms with Gasteiger partial charge in [0, 0.05) is 32.5 Å². The molecule has 1 aromatic carbocycles. The van der Waals surface area contributed by atoms with Gasteiger partial charge < -0.3 is 9.80 Å². The molecule has 2 fully saturated rings. The molecule has 4 rings (SSSR count). The van der Waals surface area contributed by atoms with Gasteiger partial charge in [-0.25, -0.2) is 4.68 Å². The lowest BCUT2D eigenvalue weighted by atomic mass is 10.0. The predicted octanol–water partition coefficient (Wildman–Crippen LogP) is 2.03. The highest BCUT2D eigenvalue weighted by atomic mass is 16.2. The number of amides is 2. The zero-order valence-corrected chi connectivity index (χ0v) is 16.6. The highest BCUT2D eigenvalue weighted by Crippen LogP contribution is 2.22. The summed E-state index contributed by atoms with van der Waals surface area (Å²) in [5.41, 5.74) is 4.58. The molecule has 0 bridgehead atoms. The molecule has 7 nitrogen and oxygen atoms in total. The molecule has 2 amide bonds. The van der Waals surface area contributed by atoms with Crippen molar-refractivity contribution in [1.29, 1.82) is 0 Å². The summed E-state index contributed by atoms with van der Waals surface area (Å²) in [7, 11) is 0. The zero-order chi connectivity index (χ0) is 19.7. The van der Waals surface area contributed by atoms with Crippen LogP contribution in [0.1, 0.15) is 47.7 Å². The van der Waals surface area contributed by atoms with Gasteiger partial charge in [-0.15, -0.1) is 5.10 Å². The number of hydrogen-bond donors (Lipinski definition) is 0. The van der Waals surface area contributed by atoms with Crippen LogP contribution in [0.25, 0.3) is 0 Å². The van der Waals surface area contributed by atoms with Crippen molar-refractivity contribution >= 4 is 11.8 Å². The van der Waals surface area contributed by atoms with Crippen LogP contribution in [0.2, 0.25) is 0 Å². The first-order valence-electron chi connectivity index (χ1n) is 10.0. The maximum atomic E-state index is 12.4. The average Bonchev–Trinajstić information content (AvgIpc) is 3.25. The Morgan fingerprint density at radius 2 is 2.04 bits per heavy atom. The van der Waals surface area contributed by atoms with Crippen LogP contribution in [0, 0.1) is 13.8 Å². The number of aromatic nitrogens is 3. The SMILES string of the molecule is Cc1ccc(CCC(=O)N2CC(n3cc(CN4CCCC4=O)nn3)C2)cc1C. The summed E-state index contributed by atoms with van der Waals surface area (Å²) in [6, 6.07) is 6.58. The zero-order valence-electron chi connectivity index (χ0n) is 16.6. The Kier molecular flexibility index (Phi) is 5.15. The van der Waals surface area contributed by atoms with Gasteiger partial charge in [0.1, 0.15) is 5.69 Å². The quantitative estimate of drug-likeness (QED) is 0.768. The number of hydrogen-bond acceptors (Lipinski definition) is 4. The summed E-state index contributed by atoms with van der Waals surface area (Å²) in [5, 5.41) is 8.40. The molecule has 0 N–H and O–H groups in total. The van der Waals surface area contributed by atoms with E-state index in [0.717, 1.165) is 25.1 Å². The molecule has 1 aromatic heterocycles. The van der Waals surface area contributed by atoms with Gasteiger partial charge in [-0.05, 0) is 43.4 Å². The Hall–Kier alpha value is -2.70. The summed E-state index contributed by atoms with van der Waals surface area (Å²) < 4.78 is 1.84. The van der Waals surface area contributed by atoms with E-state index >= 15 is 0 Å². The molecule has 0 aliphatic carbocycles. The highest BCUT2D eigenvalue weighted by molar-refractivity contribution is 5.78. The summed E-state index contributed by atoms with van der Waals surface area (Å²) in [5.74, 6) is 0.385. The minimum atomic E-state index is 0.182. The number of benzene rings is 1. The van der Waals surface area contributed by atoms with Crippen LogP contribution >= 0.6 is 0 Å². The van der Waals surface area contributed by atoms with Crippen molar-refractivity contribution in [2.24, 2.45) is 0 Å². The second-order valence-corrected chi connectivity index (χ2v) is 7.98. The maximum Gasteiger partial charge on any atom is 0.223 e. The van der Waals surface area contributed by atoms with E-state index in [-0.39, 0.29) is 17.9 Å². The monoisotopic (exact) mass is 381 g/mol. The van der Waals surface area contributed by atoms with Crippen molar-refractivity contribution in [2.45, 2.75) is 52.1 Å². The second-order valence-electron chi connectivity index (χ2n) is 7.98. The Bertz CT molecular complexity index is 885. The van der Waals surface area contributed by atoms with Gasteiger partial charge >= 0.3 is 0 Å². The summed E-state index contributed by atoms with van der Waals surface area (Å²) in [6.45, 7) is 6.90. The van der Waals surface area contributed by atoms with Crippen molar-refractivity contribution in [1.82, 2.24) is 24.8 Å². The topological polar surface area (TPSA) is 71.3 Å². The molecule has 3 heterocycles. The van der Waals surface area contributed by atoms with E-state index in [4.69, 9.17) is 0 Å². The van der Waals surface area contributed by atoms with Gasteiger partial charge in [0.05, 0.1) is 18.8 Å². The second kappa shape index (κ2) is 7.73. The molecule has 0 saturated carbocycles. The molecule has 0 atom stereocenters. The Labute approximate surface area is 165 Å². The van der Waals surface area contributed by atoms with Gasteiger partial charge in [0.15, 0.2) is 0 Å². The standard InChI is InChI=1S/C21H27N5O2/c1-15-5-6-17(10-16(15)2)7-8-21(28)25-13-19(14-25)26-12-18(22-23-26)11-24-9-3-4-20(24)27/h5-6,10,12,19H,3-4,7-9,11,13-14H2,1-2H3. The van der Waals surface area contributed by atoms with E-state index in [9.17, 15) is 9.59 Å². The molecule has 0 spiro atoms.